The van der Waals surface area contributed by atoms with Crippen LogP contribution in [0.5, 0.6) is 0 Å². The summed E-state index contributed by atoms with van der Waals surface area (Å²) in [6.07, 6.45) is 9.34. The van der Waals surface area contributed by atoms with Crippen molar-refractivity contribution in [3.8, 4) is 0 Å². The average Bonchev–Trinajstić information content (AvgIpc) is 3.65. The number of anilines is 2. The quantitative estimate of drug-likeness (QED) is 0.384. The zero-order chi connectivity index (χ0) is 26.2. The topological polar surface area (TPSA) is 134 Å². The maximum absolute atomic E-state index is 12.2. The van der Waals surface area contributed by atoms with Crippen LogP contribution in [0.2, 0.25) is 0 Å². The smallest absolute Gasteiger partial charge is 0.252 e. The molecule has 192 valence electrons. The highest BCUT2D eigenvalue weighted by atomic mass is 16.2. The van der Waals surface area contributed by atoms with Gasteiger partial charge < -0.3 is 26.2 Å². The van der Waals surface area contributed by atoms with Gasteiger partial charge in [0, 0.05) is 44.0 Å². The monoisotopic (exact) mass is 493 g/mol. The first-order chi connectivity index (χ1) is 17.1. The summed E-state index contributed by atoms with van der Waals surface area (Å²) in [5.41, 5.74) is 9.46. The molecule has 1 aliphatic rings. The van der Waals surface area contributed by atoms with Crippen LogP contribution in [0.3, 0.4) is 0 Å². The van der Waals surface area contributed by atoms with E-state index in [0.29, 0.717) is 42.5 Å². The first-order valence-corrected chi connectivity index (χ1v) is 12.0. The van der Waals surface area contributed by atoms with E-state index in [1.165, 1.54) is 11.0 Å². The van der Waals surface area contributed by atoms with Crippen LogP contribution in [0.25, 0.3) is 0 Å². The minimum Gasteiger partial charge on any atom is -0.365 e. The fourth-order valence-electron chi connectivity index (χ4n) is 3.70. The number of rotatable bonds is 12. The zero-order valence-electron chi connectivity index (χ0n) is 21.4. The molecule has 4 N–H and O–H groups in total. The van der Waals surface area contributed by atoms with E-state index in [1.807, 2.05) is 32.0 Å². The second-order valence-electron chi connectivity index (χ2n) is 9.39. The van der Waals surface area contributed by atoms with E-state index in [-0.39, 0.29) is 18.4 Å². The number of nitrogens with two attached hydrogens (primary N) is 1. The Bertz CT molecular complexity index is 1140. The molecule has 0 unspecified atom stereocenters. The number of nitrogens with zero attached hydrogens (tertiary/aromatic N) is 4. The minimum atomic E-state index is -0.543. The molecule has 10 heteroatoms. The van der Waals surface area contributed by atoms with Crippen LogP contribution >= 0.6 is 0 Å². The van der Waals surface area contributed by atoms with Gasteiger partial charge in [0.05, 0.1) is 24.0 Å². The van der Waals surface area contributed by atoms with Gasteiger partial charge in [-0.3, -0.25) is 19.4 Å². The van der Waals surface area contributed by atoms with Gasteiger partial charge in [0.15, 0.2) is 0 Å². The van der Waals surface area contributed by atoms with Crippen LogP contribution in [-0.4, -0.2) is 78.3 Å². The van der Waals surface area contributed by atoms with Gasteiger partial charge in [-0.15, -0.1) is 0 Å². The van der Waals surface area contributed by atoms with E-state index in [1.54, 1.807) is 31.6 Å². The van der Waals surface area contributed by atoms with Crippen molar-refractivity contribution in [3.05, 3.63) is 59.1 Å². The number of aryl methyl sites for hydroxylation is 1. The number of pyridine rings is 2. The summed E-state index contributed by atoms with van der Waals surface area (Å²) in [5.74, 6) is -0.144. The van der Waals surface area contributed by atoms with Crippen molar-refractivity contribution in [2.45, 2.75) is 32.1 Å². The van der Waals surface area contributed by atoms with Gasteiger partial charge in [-0.2, -0.15) is 0 Å². The Labute approximate surface area is 212 Å². The molecular formula is C26H35N7O3. The van der Waals surface area contributed by atoms with Crippen LogP contribution < -0.4 is 16.4 Å². The molecule has 2 aromatic rings. The van der Waals surface area contributed by atoms with E-state index in [2.05, 4.69) is 15.6 Å². The highest BCUT2D eigenvalue weighted by Gasteiger charge is 2.28. The van der Waals surface area contributed by atoms with Crippen LogP contribution in [0.4, 0.5) is 11.5 Å². The van der Waals surface area contributed by atoms with Crippen LogP contribution in [-0.2, 0) is 16.0 Å². The molecule has 1 aliphatic carbocycles. The minimum absolute atomic E-state index is 0.0245. The number of amides is 3. The summed E-state index contributed by atoms with van der Waals surface area (Å²) >= 11 is 0. The van der Waals surface area contributed by atoms with Gasteiger partial charge in [-0.05, 0) is 63.5 Å². The molecule has 2 aromatic heterocycles. The maximum atomic E-state index is 12.2. The van der Waals surface area contributed by atoms with Crippen molar-refractivity contribution in [1.29, 1.82) is 0 Å². The van der Waals surface area contributed by atoms with Crippen molar-refractivity contribution in [1.82, 2.24) is 25.1 Å². The fraction of sp³-hybridized carbons (Fsp3) is 0.423. The van der Waals surface area contributed by atoms with Crippen molar-refractivity contribution in [2.24, 2.45) is 5.73 Å². The third-order valence-corrected chi connectivity index (χ3v) is 5.76. The maximum Gasteiger partial charge on any atom is 0.252 e. The van der Waals surface area contributed by atoms with Gasteiger partial charge in [0.1, 0.15) is 5.82 Å². The van der Waals surface area contributed by atoms with Crippen LogP contribution in [0, 0.1) is 6.92 Å². The van der Waals surface area contributed by atoms with E-state index < -0.39 is 5.91 Å². The highest BCUT2D eigenvalue weighted by Crippen LogP contribution is 2.41. The lowest BCUT2D eigenvalue weighted by atomic mass is 10.1. The average molecular weight is 494 g/mol. The summed E-state index contributed by atoms with van der Waals surface area (Å²) in [6.45, 7) is 2.97. The van der Waals surface area contributed by atoms with Crippen molar-refractivity contribution in [2.75, 3.05) is 46.1 Å². The van der Waals surface area contributed by atoms with E-state index in [9.17, 15) is 14.4 Å². The number of hydrogen-bond donors (Lipinski definition) is 3. The second kappa shape index (κ2) is 12.3. The first-order valence-electron chi connectivity index (χ1n) is 12.0. The molecular weight excluding hydrogens is 458 g/mol. The molecule has 1 fully saturated rings. The van der Waals surface area contributed by atoms with E-state index >= 15 is 0 Å². The molecule has 0 aliphatic heterocycles. The third-order valence-electron chi connectivity index (χ3n) is 5.76. The Hall–Kier alpha value is -3.79. The van der Waals surface area contributed by atoms with Crippen LogP contribution in [0.1, 0.15) is 45.9 Å². The standard InChI is InChI=1S/C26H35N7O3/c1-17-12-21(25(27)36)26(31-24(17)19-7-8-19)30-20-13-18(14-28-15-20)9-10-29-22(34)16-33(4)23(35)6-5-11-32(2)3/h5-6,12-15,19H,7-11,16H2,1-4H3,(H2,27,36)(H,29,34)(H,30,31)/b6-5+. The Morgan fingerprint density at radius 3 is 2.58 bits per heavy atom. The number of hydrogen-bond acceptors (Lipinski definition) is 7. The molecule has 3 amide bonds. The molecule has 10 nitrogen and oxygen atoms in total. The molecule has 0 radical (unpaired) electrons. The van der Waals surface area contributed by atoms with Gasteiger partial charge >= 0.3 is 0 Å². The number of aromatic nitrogens is 2. The number of nitrogens with one attached hydrogen (secondary N) is 2. The summed E-state index contributed by atoms with van der Waals surface area (Å²) < 4.78 is 0. The number of primary amides is 1. The summed E-state index contributed by atoms with van der Waals surface area (Å²) in [5, 5.41) is 6.02. The predicted molar refractivity (Wildman–Crippen MR) is 139 cm³/mol. The van der Waals surface area contributed by atoms with E-state index in [4.69, 9.17) is 10.7 Å². The Kier molecular flexibility index (Phi) is 9.13. The Morgan fingerprint density at radius 1 is 1.17 bits per heavy atom. The molecule has 0 spiro atoms. The Balaban J connectivity index is 1.55. The number of carbonyl (C=O) groups excluding carboxylic acids is 3. The predicted octanol–water partition coefficient (Wildman–Crippen LogP) is 1.74. The molecule has 0 atom stereocenters. The SMILES string of the molecule is Cc1cc(C(N)=O)c(Nc2cncc(CCNC(=O)CN(C)C(=O)/C=C/CN(C)C)c2)nc1C1CC1. The van der Waals surface area contributed by atoms with Gasteiger partial charge in [0.2, 0.25) is 11.8 Å². The molecule has 2 heterocycles. The largest absolute Gasteiger partial charge is 0.365 e. The number of carbonyl (C=O) groups is 3. The molecule has 0 aromatic carbocycles. The summed E-state index contributed by atoms with van der Waals surface area (Å²) in [7, 11) is 5.42. The first kappa shape index (κ1) is 26.8. The fourth-order valence-corrected chi connectivity index (χ4v) is 3.70. The molecule has 0 saturated heterocycles. The lowest BCUT2D eigenvalue weighted by molar-refractivity contribution is -0.131. The van der Waals surface area contributed by atoms with Crippen molar-refractivity contribution >= 4 is 29.2 Å². The van der Waals surface area contributed by atoms with Crippen LogP contribution in [0.15, 0.2) is 36.7 Å². The summed E-state index contributed by atoms with van der Waals surface area (Å²) in [6, 6.07) is 3.69. The molecule has 3 rings (SSSR count). The lowest BCUT2D eigenvalue weighted by Crippen LogP contribution is -2.38. The highest BCUT2D eigenvalue weighted by molar-refractivity contribution is 5.98. The number of likely N-dealkylation sites (N-methyl/N-ethyl adjacent to an activating group) is 2. The third kappa shape index (κ3) is 7.88. The van der Waals surface area contributed by atoms with E-state index in [0.717, 1.165) is 29.7 Å². The Morgan fingerprint density at radius 2 is 1.92 bits per heavy atom. The summed E-state index contributed by atoms with van der Waals surface area (Å²) in [4.78, 5) is 48.6. The van der Waals surface area contributed by atoms with Crippen molar-refractivity contribution in [3.63, 3.8) is 0 Å². The van der Waals surface area contributed by atoms with Crippen molar-refractivity contribution < 1.29 is 14.4 Å². The van der Waals surface area contributed by atoms with Gasteiger partial charge in [-0.25, -0.2) is 4.98 Å². The van der Waals surface area contributed by atoms with Gasteiger partial charge in [0.25, 0.3) is 5.91 Å². The molecule has 1 saturated carbocycles. The molecule has 36 heavy (non-hydrogen) atoms. The lowest BCUT2D eigenvalue weighted by Gasteiger charge is -2.15. The zero-order valence-corrected chi connectivity index (χ0v) is 21.4. The molecule has 0 bridgehead atoms. The normalized spacial score (nSPS) is 13.1. The second-order valence-corrected chi connectivity index (χ2v) is 9.39. The van der Waals surface area contributed by atoms with Gasteiger partial charge in [-0.1, -0.05) is 6.08 Å².